The molecule has 8 heteroatoms. The molecule has 0 aromatic rings. The Morgan fingerprint density at radius 2 is 1.82 bits per heavy atom. The van der Waals surface area contributed by atoms with Crippen molar-refractivity contribution in [2.45, 2.75) is 57.9 Å². The highest BCUT2D eigenvalue weighted by molar-refractivity contribution is 5.73. The smallest absolute Gasteiger partial charge is 0.335 e. The highest BCUT2D eigenvalue weighted by Crippen LogP contribution is 2.29. The molecule has 8 nitrogen and oxygen atoms in total. The van der Waals surface area contributed by atoms with Crippen molar-refractivity contribution in [1.29, 1.82) is 0 Å². The van der Waals surface area contributed by atoms with E-state index in [2.05, 4.69) is 0 Å². The van der Waals surface area contributed by atoms with Crippen LogP contribution in [0.4, 0.5) is 0 Å². The summed E-state index contributed by atoms with van der Waals surface area (Å²) in [6, 6.07) is 0. The maximum absolute atomic E-state index is 11.0. The van der Waals surface area contributed by atoms with Gasteiger partial charge in [0.2, 0.25) is 0 Å². The van der Waals surface area contributed by atoms with Gasteiger partial charge in [0.05, 0.1) is 13.2 Å². The lowest BCUT2D eigenvalue weighted by Gasteiger charge is -2.40. The Kier molecular flexibility index (Phi) is 6.72. The second-order valence-electron chi connectivity index (χ2n) is 6.61. The monoisotopic (exact) mass is 322 g/mol. The first-order chi connectivity index (χ1) is 10.1. The molecule has 6 atom stereocenters. The fourth-order valence-electron chi connectivity index (χ4n) is 2.63. The van der Waals surface area contributed by atoms with Gasteiger partial charge in [0, 0.05) is 5.41 Å². The summed E-state index contributed by atoms with van der Waals surface area (Å²) in [5.74, 6) is -1.16. The second kappa shape index (κ2) is 7.67. The molecule has 1 aliphatic rings. The first-order valence-corrected chi connectivity index (χ1v) is 7.26. The summed E-state index contributed by atoms with van der Waals surface area (Å²) in [6.45, 7) is 5.63. The van der Waals surface area contributed by atoms with Gasteiger partial charge in [0.15, 0.2) is 12.4 Å². The van der Waals surface area contributed by atoms with Crippen LogP contribution >= 0.6 is 0 Å². The summed E-state index contributed by atoms with van der Waals surface area (Å²) < 4.78 is 10.4. The van der Waals surface area contributed by atoms with E-state index >= 15 is 0 Å². The molecule has 0 spiro atoms. The van der Waals surface area contributed by atoms with Gasteiger partial charge in [0.25, 0.3) is 0 Å². The second-order valence-corrected chi connectivity index (χ2v) is 6.61. The van der Waals surface area contributed by atoms with E-state index in [1.165, 1.54) is 0 Å². The normalized spacial score (nSPS) is 35.4. The maximum atomic E-state index is 11.0. The van der Waals surface area contributed by atoms with E-state index < -0.39 is 42.1 Å². The summed E-state index contributed by atoms with van der Waals surface area (Å²) in [7, 11) is 0. The Balaban J connectivity index is 2.72. The minimum atomic E-state index is -1.74. The van der Waals surface area contributed by atoms with E-state index in [-0.39, 0.29) is 13.2 Å². The molecule has 3 unspecified atom stereocenters. The van der Waals surface area contributed by atoms with Crippen LogP contribution in [0.25, 0.3) is 0 Å². The quantitative estimate of drug-likeness (QED) is 0.400. The van der Waals surface area contributed by atoms with Crippen molar-refractivity contribution in [3.8, 4) is 0 Å². The number of carboxylic acids is 1. The topological polar surface area (TPSA) is 137 Å². The van der Waals surface area contributed by atoms with Crippen LogP contribution in [0, 0.1) is 11.3 Å². The molecule has 0 amide bonds. The molecule has 0 aromatic carbocycles. The SMILES string of the molecule is CC(C)CC(C)(CO)COC1OC(C(=O)O)[C@H](O)[C@H](O)[C@H]1O. The molecule has 0 aliphatic carbocycles. The van der Waals surface area contributed by atoms with Crippen LogP contribution in [0.5, 0.6) is 0 Å². The molecule has 5 N–H and O–H groups in total. The molecule has 0 aromatic heterocycles. The number of carboxylic acid groups (broad SMARTS) is 1. The summed E-state index contributed by atoms with van der Waals surface area (Å²) in [5.41, 5.74) is -0.586. The van der Waals surface area contributed by atoms with Crippen LogP contribution in [-0.4, -0.2) is 75.4 Å². The van der Waals surface area contributed by atoms with Crippen molar-refractivity contribution >= 4 is 5.97 Å². The fourth-order valence-corrected chi connectivity index (χ4v) is 2.63. The van der Waals surface area contributed by atoms with Gasteiger partial charge in [-0.15, -0.1) is 0 Å². The number of hydrogen-bond donors (Lipinski definition) is 5. The van der Waals surface area contributed by atoms with Crippen LogP contribution in [0.2, 0.25) is 0 Å². The third-order valence-electron chi connectivity index (χ3n) is 3.69. The van der Waals surface area contributed by atoms with Crippen molar-refractivity contribution in [2.24, 2.45) is 11.3 Å². The minimum Gasteiger partial charge on any atom is -0.479 e. The van der Waals surface area contributed by atoms with Gasteiger partial charge in [-0.2, -0.15) is 0 Å². The lowest BCUT2D eigenvalue weighted by atomic mass is 9.83. The molecule has 1 fully saturated rings. The van der Waals surface area contributed by atoms with Crippen molar-refractivity contribution < 1.29 is 39.8 Å². The van der Waals surface area contributed by atoms with Crippen LogP contribution in [0.3, 0.4) is 0 Å². The van der Waals surface area contributed by atoms with Crippen LogP contribution in [0.15, 0.2) is 0 Å². The van der Waals surface area contributed by atoms with Crippen LogP contribution in [-0.2, 0) is 14.3 Å². The van der Waals surface area contributed by atoms with Gasteiger partial charge in [0.1, 0.15) is 18.3 Å². The fraction of sp³-hybridized carbons (Fsp3) is 0.929. The molecule has 0 bridgehead atoms. The molecule has 130 valence electrons. The molecule has 0 saturated carbocycles. The third kappa shape index (κ3) is 4.61. The third-order valence-corrected chi connectivity index (χ3v) is 3.69. The summed E-state index contributed by atoms with van der Waals surface area (Å²) in [5, 5.41) is 47.6. The van der Waals surface area contributed by atoms with Gasteiger partial charge < -0.3 is 35.0 Å². The van der Waals surface area contributed by atoms with Gasteiger partial charge in [-0.05, 0) is 12.3 Å². The van der Waals surface area contributed by atoms with Crippen LogP contribution < -0.4 is 0 Å². The molecular weight excluding hydrogens is 296 g/mol. The number of carbonyl (C=O) groups is 1. The van der Waals surface area contributed by atoms with Gasteiger partial charge in [-0.25, -0.2) is 4.79 Å². The van der Waals surface area contributed by atoms with E-state index in [0.717, 1.165) is 0 Å². The van der Waals surface area contributed by atoms with Crippen molar-refractivity contribution in [2.75, 3.05) is 13.2 Å². The van der Waals surface area contributed by atoms with Crippen LogP contribution in [0.1, 0.15) is 27.2 Å². The van der Waals surface area contributed by atoms with E-state index in [1.807, 2.05) is 13.8 Å². The van der Waals surface area contributed by atoms with Crippen molar-refractivity contribution in [1.82, 2.24) is 0 Å². The predicted molar refractivity (Wildman–Crippen MR) is 74.9 cm³/mol. The summed E-state index contributed by atoms with van der Waals surface area (Å²) in [4.78, 5) is 11.0. The predicted octanol–water partition coefficient (Wildman–Crippen LogP) is -1.06. The lowest BCUT2D eigenvalue weighted by Crippen LogP contribution is -2.60. The van der Waals surface area contributed by atoms with E-state index in [9.17, 15) is 25.2 Å². The average molecular weight is 322 g/mol. The Morgan fingerprint density at radius 3 is 2.27 bits per heavy atom. The standard InChI is InChI=1S/C14H26O8/c1-7(2)4-14(3,5-15)6-21-13-10(18)8(16)9(17)11(22-13)12(19)20/h7-11,13,15-18H,4-6H2,1-3H3,(H,19,20)/t8-,9+,10+,11?,13?,14?/m0/s1. The number of aliphatic hydroxyl groups is 4. The van der Waals surface area contributed by atoms with E-state index in [0.29, 0.717) is 12.3 Å². The Bertz CT molecular complexity index is 374. The summed E-state index contributed by atoms with van der Waals surface area (Å²) in [6.07, 6.45) is -7.43. The van der Waals surface area contributed by atoms with E-state index in [4.69, 9.17) is 14.6 Å². The van der Waals surface area contributed by atoms with Gasteiger partial charge in [-0.1, -0.05) is 20.8 Å². The molecule has 0 radical (unpaired) electrons. The molecule has 22 heavy (non-hydrogen) atoms. The van der Waals surface area contributed by atoms with Crippen molar-refractivity contribution in [3.63, 3.8) is 0 Å². The Morgan fingerprint density at radius 1 is 1.23 bits per heavy atom. The summed E-state index contributed by atoms with van der Waals surface area (Å²) >= 11 is 0. The van der Waals surface area contributed by atoms with E-state index in [1.54, 1.807) is 6.92 Å². The highest BCUT2D eigenvalue weighted by atomic mass is 16.7. The number of aliphatic carboxylic acids is 1. The molecule has 1 saturated heterocycles. The van der Waals surface area contributed by atoms with Crippen molar-refractivity contribution in [3.05, 3.63) is 0 Å². The average Bonchev–Trinajstić information content (AvgIpc) is 2.43. The maximum Gasteiger partial charge on any atom is 0.335 e. The zero-order valence-electron chi connectivity index (χ0n) is 13.0. The largest absolute Gasteiger partial charge is 0.479 e. The molecule has 1 heterocycles. The number of rotatable bonds is 7. The number of aliphatic hydroxyl groups excluding tert-OH is 4. The number of ether oxygens (including phenoxy) is 2. The van der Waals surface area contributed by atoms with Gasteiger partial charge in [-0.3, -0.25) is 0 Å². The zero-order valence-corrected chi connectivity index (χ0v) is 13.0. The number of hydrogen-bond acceptors (Lipinski definition) is 7. The Hall–Kier alpha value is -0.770. The molecule has 1 rings (SSSR count). The van der Waals surface area contributed by atoms with Gasteiger partial charge >= 0.3 is 5.97 Å². The highest BCUT2D eigenvalue weighted by Gasteiger charge is 2.47. The lowest BCUT2D eigenvalue weighted by molar-refractivity contribution is -0.299. The molecular formula is C14H26O8. The first kappa shape index (κ1) is 19.3. The zero-order chi connectivity index (χ0) is 17.1. The minimum absolute atomic E-state index is 0.0125. The Labute approximate surface area is 129 Å². The first-order valence-electron chi connectivity index (χ1n) is 7.26. The molecule has 1 aliphatic heterocycles.